The topological polar surface area (TPSA) is 42.0 Å². The van der Waals surface area contributed by atoms with Crippen LogP contribution in [0, 0.1) is 0 Å². The number of benzene rings is 1. The number of thiophene rings is 1. The van der Waals surface area contributed by atoms with Gasteiger partial charge in [-0.1, -0.05) is 11.6 Å². The molecule has 5 nitrogen and oxygen atoms in total. The van der Waals surface area contributed by atoms with Crippen LogP contribution in [0.15, 0.2) is 30.3 Å². The predicted molar refractivity (Wildman–Crippen MR) is 109 cm³/mol. The molecule has 0 bridgehead atoms. The summed E-state index contributed by atoms with van der Waals surface area (Å²) in [5.41, 5.74) is 1.08. The first kappa shape index (κ1) is 20.0. The van der Waals surface area contributed by atoms with Crippen molar-refractivity contribution in [3.8, 4) is 11.5 Å². The normalized spacial score (nSPS) is 17.1. The molecule has 7 heteroatoms. The lowest BCUT2D eigenvalue weighted by Crippen LogP contribution is -2.37. The summed E-state index contributed by atoms with van der Waals surface area (Å²) in [6.07, 6.45) is 2.06. The van der Waals surface area contributed by atoms with Crippen molar-refractivity contribution in [3.05, 3.63) is 45.1 Å². The first-order valence-corrected chi connectivity index (χ1v) is 10.2. The summed E-state index contributed by atoms with van der Waals surface area (Å²) < 4.78 is 11.7. The van der Waals surface area contributed by atoms with Gasteiger partial charge in [-0.2, -0.15) is 0 Å². The number of carbonyl (C=O) groups is 1. The highest BCUT2D eigenvalue weighted by atomic mass is 35.5. The molecular formula is C20H25ClN2O3S. The maximum Gasteiger partial charge on any atom is 0.236 e. The summed E-state index contributed by atoms with van der Waals surface area (Å²) in [5.74, 6) is 1.74. The molecular weight excluding hydrogens is 384 g/mol. The van der Waals surface area contributed by atoms with E-state index >= 15 is 0 Å². The fourth-order valence-corrected chi connectivity index (χ4v) is 4.66. The van der Waals surface area contributed by atoms with Gasteiger partial charge in [0.05, 0.1) is 31.6 Å². The van der Waals surface area contributed by atoms with Crippen molar-refractivity contribution in [3.63, 3.8) is 0 Å². The second-order valence-corrected chi connectivity index (χ2v) is 8.49. The number of methoxy groups -OCH3 is 2. The minimum atomic E-state index is 0.105. The number of likely N-dealkylation sites (N-methyl/N-ethyl adjacent to an activating group) is 1. The molecule has 1 aliphatic rings. The molecule has 2 aromatic rings. The molecule has 146 valence electrons. The van der Waals surface area contributed by atoms with Crippen LogP contribution in [0.25, 0.3) is 0 Å². The molecule has 1 atom stereocenters. The number of hydrogen-bond acceptors (Lipinski definition) is 5. The summed E-state index contributed by atoms with van der Waals surface area (Å²) in [7, 11) is 5.18. The average Bonchev–Trinajstić information content (AvgIpc) is 3.29. The molecule has 1 saturated heterocycles. The van der Waals surface area contributed by atoms with Gasteiger partial charge >= 0.3 is 0 Å². The molecule has 2 heterocycles. The third-order valence-corrected chi connectivity index (χ3v) is 6.16. The summed E-state index contributed by atoms with van der Waals surface area (Å²) in [6, 6.07) is 9.83. The van der Waals surface area contributed by atoms with Crippen LogP contribution >= 0.6 is 22.9 Å². The molecule has 0 saturated carbocycles. The second kappa shape index (κ2) is 8.95. The number of halogens is 1. The molecule has 27 heavy (non-hydrogen) atoms. The van der Waals surface area contributed by atoms with E-state index in [1.54, 1.807) is 19.1 Å². The lowest BCUT2D eigenvalue weighted by atomic mass is 10.0. The molecule has 1 aromatic carbocycles. The zero-order valence-electron chi connectivity index (χ0n) is 15.9. The third kappa shape index (κ3) is 4.75. The average molecular weight is 409 g/mol. The van der Waals surface area contributed by atoms with Crippen LogP contribution < -0.4 is 9.47 Å². The molecule has 1 amide bonds. The molecule has 1 aromatic heterocycles. The Bertz CT molecular complexity index is 795. The Morgan fingerprint density at radius 1 is 1.30 bits per heavy atom. The van der Waals surface area contributed by atoms with Gasteiger partial charge in [-0.05, 0) is 49.7 Å². The van der Waals surface area contributed by atoms with Crippen molar-refractivity contribution < 1.29 is 14.3 Å². The van der Waals surface area contributed by atoms with Crippen molar-refractivity contribution in [2.75, 3.05) is 34.4 Å². The summed E-state index contributed by atoms with van der Waals surface area (Å²) in [6.45, 7) is 1.87. The fraction of sp³-hybridized carbons (Fsp3) is 0.450. The first-order chi connectivity index (χ1) is 13.0. The number of nitrogens with zero attached hydrogens (tertiary/aromatic N) is 2. The van der Waals surface area contributed by atoms with Crippen LogP contribution in [0.5, 0.6) is 11.5 Å². The van der Waals surface area contributed by atoms with Crippen LogP contribution in [-0.4, -0.2) is 50.1 Å². The van der Waals surface area contributed by atoms with Crippen molar-refractivity contribution in [1.82, 2.24) is 9.80 Å². The zero-order chi connectivity index (χ0) is 19.4. The predicted octanol–water partition coefficient (Wildman–Crippen LogP) is 4.21. The number of hydrogen-bond donors (Lipinski definition) is 0. The van der Waals surface area contributed by atoms with Gasteiger partial charge in [-0.15, -0.1) is 11.3 Å². The van der Waals surface area contributed by atoms with Crippen LogP contribution in [0.4, 0.5) is 0 Å². The van der Waals surface area contributed by atoms with Gasteiger partial charge in [-0.25, -0.2) is 0 Å². The molecule has 1 aliphatic heterocycles. The van der Waals surface area contributed by atoms with Crippen molar-refractivity contribution >= 4 is 28.8 Å². The van der Waals surface area contributed by atoms with Crippen LogP contribution in [-0.2, 0) is 11.3 Å². The molecule has 3 rings (SSSR count). The molecule has 1 unspecified atom stereocenters. The van der Waals surface area contributed by atoms with E-state index in [0.717, 1.165) is 45.7 Å². The maximum absolute atomic E-state index is 12.8. The quantitative estimate of drug-likeness (QED) is 0.688. The zero-order valence-corrected chi connectivity index (χ0v) is 17.5. The van der Waals surface area contributed by atoms with E-state index in [1.165, 1.54) is 11.3 Å². The number of amides is 1. The van der Waals surface area contributed by atoms with Gasteiger partial charge in [0, 0.05) is 23.5 Å². The SMILES string of the molecule is COc1ccc(OC)c(C2CCCN2CC(=O)N(C)Cc2ccc(Cl)s2)c1. The van der Waals surface area contributed by atoms with Crippen LogP contribution in [0.3, 0.4) is 0 Å². The van der Waals surface area contributed by atoms with E-state index in [2.05, 4.69) is 4.90 Å². The highest BCUT2D eigenvalue weighted by Gasteiger charge is 2.30. The van der Waals surface area contributed by atoms with E-state index in [4.69, 9.17) is 21.1 Å². The Morgan fingerprint density at radius 3 is 2.78 bits per heavy atom. The van der Waals surface area contributed by atoms with E-state index in [0.29, 0.717) is 13.1 Å². The highest BCUT2D eigenvalue weighted by Crippen LogP contribution is 2.38. The van der Waals surface area contributed by atoms with E-state index in [9.17, 15) is 4.79 Å². The fourth-order valence-electron chi connectivity index (χ4n) is 3.52. The van der Waals surface area contributed by atoms with Gasteiger partial charge in [0.1, 0.15) is 11.5 Å². The third-order valence-electron chi connectivity index (χ3n) is 4.95. The lowest BCUT2D eigenvalue weighted by Gasteiger charge is -2.28. The Balaban J connectivity index is 1.70. The second-order valence-electron chi connectivity index (χ2n) is 6.69. The minimum Gasteiger partial charge on any atom is -0.497 e. The first-order valence-electron chi connectivity index (χ1n) is 8.96. The number of carbonyl (C=O) groups excluding carboxylic acids is 1. The van der Waals surface area contributed by atoms with Crippen molar-refractivity contribution in [2.45, 2.75) is 25.4 Å². The maximum atomic E-state index is 12.8. The number of likely N-dealkylation sites (tertiary alicyclic amines) is 1. The van der Waals surface area contributed by atoms with Gasteiger partial charge in [0.2, 0.25) is 5.91 Å². The van der Waals surface area contributed by atoms with Gasteiger partial charge in [0.25, 0.3) is 0 Å². The lowest BCUT2D eigenvalue weighted by molar-refractivity contribution is -0.131. The van der Waals surface area contributed by atoms with Gasteiger partial charge in [0.15, 0.2) is 0 Å². The largest absolute Gasteiger partial charge is 0.497 e. The van der Waals surface area contributed by atoms with E-state index in [-0.39, 0.29) is 11.9 Å². The van der Waals surface area contributed by atoms with Crippen LogP contribution in [0.2, 0.25) is 4.34 Å². The highest BCUT2D eigenvalue weighted by molar-refractivity contribution is 7.16. The molecule has 0 spiro atoms. The summed E-state index contributed by atoms with van der Waals surface area (Å²) in [4.78, 5) is 17.8. The molecule has 1 fully saturated rings. The summed E-state index contributed by atoms with van der Waals surface area (Å²) >= 11 is 7.50. The van der Waals surface area contributed by atoms with Gasteiger partial charge < -0.3 is 14.4 Å². The Labute approximate surface area is 169 Å². The summed E-state index contributed by atoms with van der Waals surface area (Å²) in [5, 5.41) is 0. The Hall–Kier alpha value is -1.76. The van der Waals surface area contributed by atoms with Crippen LogP contribution in [0.1, 0.15) is 29.3 Å². The number of rotatable bonds is 7. The molecule has 0 radical (unpaired) electrons. The smallest absolute Gasteiger partial charge is 0.236 e. The Morgan fingerprint density at radius 2 is 2.11 bits per heavy atom. The minimum absolute atomic E-state index is 0.105. The Kier molecular flexibility index (Phi) is 6.63. The van der Waals surface area contributed by atoms with Gasteiger partial charge in [-0.3, -0.25) is 9.69 Å². The van der Waals surface area contributed by atoms with E-state index < -0.39 is 0 Å². The van der Waals surface area contributed by atoms with E-state index in [1.807, 2.05) is 37.4 Å². The monoisotopic (exact) mass is 408 g/mol. The van der Waals surface area contributed by atoms with Crippen molar-refractivity contribution in [2.24, 2.45) is 0 Å². The number of ether oxygens (including phenoxy) is 2. The molecule has 0 aliphatic carbocycles. The van der Waals surface area contributed by atoms with Crippen molar-refractivity contribution in [1.29, 1.82) is 0 Å². The molecule has 0 N–H and O–H groups in total. The standard InChI is InChI=1S/C20H25ClN2O3S/c1-22(12-15-7-9-19(21)27-15)20(24)13-23-10-4-5-17(23)16-11-14(25-2)6-8-18(16)26-3/h6-9,11,17H,4-5,10,12-13H2,1-3H3.